The summed E-state index contributed by atoms with van der Waals surface area (Å²) < 4.78 is 13.9. The molecule has 0 N–H and O–H groups in total. The number of hydrogen-bond donors (Lipinski definition) is 0. The average molecular weight is 363 g/mol. The van der Waals surface area contributed by atoms with E-state index in [0.29, 0.717) is 22.7 Å². The number of halogens is 2. The third-order valence-electron chi connectivity index (χ3n) is 3.91. The Bertz CT molecular complexity index is 736. The first-order valence-electron chi connectivity index (χ1n) is 7.47. The van der Waals surface area contributed by atoms with E-state index in [-0.39, 0.29) is 5.38 Å². The van der Waals surface area contributed by atoms with Gasteiger partial charge in [0, 0.05) is 17.6 Å². The summed E-state index contributed by atoms with van der Waals surface area (Å²) >= 11 is 12.5. The highest BCUT2D eigenvalue weighted by Crippen LogP contribution is 2.62. The molecule has 118 valence electrons. The van der Waals surface area contributed by atoms with Gasteiger partial charge in [-0.15, -0.1) is 11.6 Å². The molecule has 0 saturated carbocycles. The van der Waals surface area contributed by atoms with Crippen molar-refractivity contribution in [2.24, 2.45) is 0 Å². The summed E-state index contributed by atoms with van der Waals surface area (Å²) in [6.07, 6.45) is 4.62. The van der Waals surface area contributed by atoms with Crippen LogP contribution in [-0.2, 0) is 16.9 Å². The second kappa shape index (κ2) is 7.09. The fraction of sp³-hybridized carbons (Fsp3) is 0.158. The van der Waals surface area contributed by atoms with Gasteiger partial charge in [0.15, 0.2) is 0 Å². The minimum Gasteiger partial charge on any atom is -0.318 e. The molecular weight excluding hydrogens is 346 g/mol. The van der Waals surface area contributed by atoms with E-state index in [0.717, 1.165) is 11.1 Å². The van der Waals surface area contributed by atoms with Gasteiger partial charge in [0.05, 0.1) is 10.4 Å². The first-order chi connectivity index (χ1) is 11.1. The van der Waals surface area contributed by atoms with E-state index in [1.807, 2.05) is 72.8 Å². The standard InChI is InChI=1S/C19H17Cl2OP/c20-17-11-12-18(19(17)21)23(22,13-15-7-3-1-4-8-15)14-16-9-5-2-6-10-16/h1-12,17H,13-14H2. The van der Waals surface area contributed by atoms with Crippen molar-refractivity contribution in [3.8, 4) is 0 Å². The van der Waals surface area contributed by atoms with Gasteiger partial charge in [0.25, 0.3) is 0 Å². The minimum absolute atomic E-state index is 0.369. The average Bonchev–Trinajstić information content (AvgIpc) is 2.89. The minimum atomic E-state index is -2.73. The fourth-order valence-electron chi connectivity index (χ4n) is 2.79. The van der Waals surface area contributed by atoms with Crippen molar-refractivity contribution < 1.29 is 4.57 Å². The van der Waals surface area contributed by atoms with Gasteiger partial charge in [-0.05, 0) is 11.1 Å². The van der Waals surface area contributed by atoms with Gasteiger partial charge in [0.1, 0.15) is 7.14 Å². The Balaban J connectivity index is 2.00. The predicted molar refractivity (Wildman–Crippen MR) is 99.6 cm³/mol. The predicted octanol–water partition coefficient (Wildman–Crippen LogP) is 6.38. The van der Waals surface area contributed by atoms with E-state index in [9.17, 15) is 4.57 Å². The van der Waals surface area contributed by atoms with Crippen LogP contribution < -0.4 is 0 Å². The summed E-state index contributed by atoms with van der Waals surface area (Å²) in [5.41, 5.74) is 2.10. The van der Waals surface area contributed by atoms with Crippen LogP contribution in [0.4, 0.5) is 0 Å². The lowest BCUT2D eigenvalue weighted by Gasteiger charge is -2.20. The smallest absolute Gasteiger partial charge is 0.125 e. The Morgan fingerprint density at radius 3 is 1.74 bits per heavy atom. The van der Waals surface area contributed by atoms with E-state index in [1.54, 1.807) is 0 Å². The van der Waals surface area contributed by atoms with Crippen molar-refractivity contribution >= 4 is 30.3 Å². The molecule has 4 heteroatoms. The van der Waals surface area contributed by atoms with Crippen LogP contribution in [0.3, 0.4) is 0 Å². The van der Waals surface area contributed by atoms with Gasteiger partial charge < -0.3 is 4.57 Å². The Morgan fingerprint density at radius 1 is 0.870 bits per heavy atom. The molecule has 1 aliphatic carbocycles. The molecule has 0 amide bonds. The number of rotatable bonds is 5. The van der Waals surface area contributed by atoms with Crippen LogP contribution in [0.2, 0.25) is 0 Å². The molecular formula is C19H17Cl2OP. The molecule has 1 aliphatic rings. The monoisotopic (exact) mass is 362 g/mol. The van der Waals surface area contributed by atoms with E-state index in [1.165, 1.54) is 0 Å². The van der Waals surface area contributed by atoms with Crippen molar-refractivity contribution in [1.29, 1.82) is 0 Å². The molecule has 1 atom stereocenters. The van der Waals surface area contributed by atoms with Crippen LogP contribution in [0.5, 0.6) is 0 Å². The summed E-state index contributed by atoms with van der Waals surface area (Å²) in [6, 6.07) is 19.8. The Kier molecular flexibility index (Phi) is 5.11. The second-order valence-corrected chi connectivity index (χ2v) is 9.44. The van der Waals surface area contributed by atoms with Crippen molar-refractivity contribution in [2.75, 3.05) is 0 Å². The molecule has 0 fully saturated rings. The number of benzene rings is 2. The number of hydrogen-bond acceptors (Lipinski definition) is 1. The highest BCUT2D eigenvalue weighted by Gasteiger charge is 2.33. The largest absolute Gasteiger partial charge is 0.318 e. The topological polar surface area (TPSA) is 17.1 Å². The molecule has 2 aromatic carbocycles. The van der Waals surface area contributed by atoms with Gasteiger partial charge in [0.2, 0.25) is 0 Å². The second-order valence-electron chi connectivity index (χ2n) is 5.67. The lowest BCUT2D eigenvalue weighted by atomic mass is 10.2. The zero-order valence-corrected chi connectivity index (χ0v) is 14.9. The molecule has 2 aromatic rings. The summed E-state index contributed by atoms with van der Waals surface area (Å²) in [4.78, 5) is 0. The maximum absolute atomic E-state index is 13.9. The van der Waals surface area contributed by atoms with E-state index in [4.69, 9.17) is 23.2 Å². The first-order valence-corrected chi connectivity index (χ1v) is 10.4. The third kappa shape index (κ3) is 3.80. The van der Waals surface area contributed by atoms with Gasteiger partial charge in [-0.1, -0.05) is 84.4 Å². The fourth-order valence-corrected chi connectivity index (χ4v) is 6.60. The molecule has 1 nitrogen and oxygen atoms in total. The Labute approximate surface area is 147 Å². The molecule has 1 unspecified atom stereocenters. The summed E-state index contributed by atoms with van der Waals surface area (Å²) in [7, 11) is -2.73. The van der Waals surface area contributed by atoms with Gasteiger partial charge in [-0.25, -0.2) is 0 Å². The van der Waals surface area contributed by atoms with Crippen LogP contribution in [0.15, 0.2) is 83.2 Å². The van der Waals surface area contributed by atoms with Crippen LogP contribution in [0.1, 0.15) is 11.1 Å². The van der Waals surface area contributed by atoms with Crippen LogP contribution in [0.25, 0.3) is 0 Å². The lowest BCUT2D eigenvalue weighted by molar-refractivity contribution is 0.578. The molecule has 0 spiro atoms. The Hall–Kier alpha value is -1.27. The third-order valence-corrected chi connectivity index (χ3v) is 7.98. The zero-order chi connectivity index (χ0) is 16.3. The van der Waals surface area contributed by atoms with Crippen LogP contribution in [0, 0.1) is 0 Å². The summed E-state index contributed by atoms with van der Waals surface area (Å²) in [5, 5.41) is 0.847. The molecule has 0 aromatic heterocycles. The van der Waals surface area contributed by atoms with Gasteiger partial charge in [-0.2, -0.15) is 0 Å². The van der Waals surface area contributed by atoms with E-state index >= 15 is 0 Å². The van der Waals surface area contributed by atoms with Crippen molar-refractivity contribution in [1.82, 2.24) is 0 Å². The highest BCUT2D eigenvalue weighted by atomic mass is 35.5. The molecule has 0 aliphatic heterocycles. The first kappa shape index (κ1) is 16.6. The van der Waals surface area contributed by atoms with E-state index in [2.05, 4.69) is 0 Å². The SMILES string of the molecule is O=P(Cc1ccccc1)(Cc1ccccc1)C1=C(Cl)C(Cl)C=C1. The summed E-state index contributed by atoms with van der Waals surface area (Å²) in [6.45, 7) is 0. The molecule has 0 saturated heterocycles. The quantitative estimate of drug-likeness (QED) is 0.445. The van der Waals surface area contributed by atoms with Crippen molar-refractivity contribution in [2.45, 2.75) is 17.7 Å². The number of allylic oxidation sites excluding steroid dienone is 4. The maximum Gasteiger partial charge on any atom is 0.125 e. The van der Waals surface area contributed by atoms with Gasteiger partial charge in [-0.3, -0.25) is 0 Å². The summed E-state index contributed by atoms with van der Waals surface area (Å²) in [5.74, 6) is 0. The van der Waals surface area contributed by atoms with Gasteiger partial charge >= 0.3 is 0 Å². The molecule has 23 heavy (non-hydrogen) atoms. The molecule has 0 heterocycles. The highest BCUT2D eigenvalue weighted by molar-refractivity contribution is 7.67. The molecule has 3 rings (SSSR count). The van der Waals surface area contributed by atoms with Crippen molar-refractivity contribution in [3.63, 3.8) is 0 Å². The maximum atomic E-state index is 13.9. The molecule has 0 radical (unpaired) electrons. The van der Waals surface area contributed by atoms with Crippen molar-refractivity contribution in [3.05, 3.63) is 94.3 Å². The van der Waals surface area contributed by atoms with Crippen LogP contribution >= 0.6 is 30.3 Å². The molecule has 0 bridgehead atoms. The Morgan fingerprint density at radius 2 is 1.35 bits per heavy atom. The number of alkyl halides is 1. The zero-order valence-electron chi connectivity index (χ0n) is 12.5. The lowest BCUT2D eigenvalue weighted by Crippen LogP contribution is -1.98. The van der Waals surface area contributed by atoms with E-state index < -0.39 is 7.14 Å². The van der Waals surface area contributed by atoms with Crippen LogP contribution in [-0.4, -0.2) is 5.38 Å². The normalized spacial score (nSPS) is 17.7.